The van der Waals surface area contributed by atoms with Gasteiger partial charge in [-0.1, -0.05) is 188 Å². The van der Waals surface area contributed by atoms with Crippen molar-refractivity contribution in [2.75, 3.05) is 13.7 Å². The molecule has 0 unspecified atom stereocenters. The van der Waals surface area contributed by atoms with Crippen LogP contribution in [0.4, 0.5) is 0 Å². The summed E-state index contributed by atoms with van der Waals surface area (Å²) in [5.74, 6) is 4.75. The zero-order chi connectivity index (χ0) is 89.8. The Morgan fingerprint density at radius 2 is 0.561 bits per heavy atom. The molecule has 22 aromatic rings. The maximum atomic E-state index is 13.0. The first kappa shape index (κ1) is 85.6. The second-order valence-corrected chi connectivity index (χ2v) is 45.9. The van der Waals surface area contributed by atoms with Crippen LogP contribution >= 0.6 is 41.9 Å². The van der Waals surface area contributed by atoms with Gasteiger partial charge in [0.15, 0.2) is 78.5 Å². The lowest BCUT2D eigenvalue weighted by Crippen LogP contribution is -2.58. The second-order valence-electron chi connectivity index (χ2n) is 36.0. The van der Waals surface area contributed by atoms with Crippen molar-refractivity contribution in [3.05, 3.63) is 422 Å². The summed E-state index contributed by atoms with van der Waals surface area (Å²) in [7, 11) is 1.37. The summed E-state index contributed by atoms with van der Waals surface area (Å²) in [6.07, 6.45) is 6.31. The zero-order valence-electron chi connectivity index (χ0n) is 75.6. The zero-order valence-corrected chi connectivity index (χ0v) is 79.7. The van der Waals surface area contributed by atoms with Crippen molar-refractivity contribution in [2.45, 2.75) is 101 Å². The molecule has 4 aliphatic rings. The molecule has 4 heterocycles. The van der Waals surface area contributed by atoms with Crippen molar-refractivity contribution in [1.29, 1.82) is 0 Å². The third-order valence-corrected chi connectivity index (χ3v) is 38.9. The van der Waals surface area contributed by atoms with Gasteiger partial charge in [-0.05, 0) is 316 Å². The van der Waals surface area contributed by atoms with Crippen LogP contribution in [-0.4, -0.2) is 30.4 Å². The summed E-state index contributed by atoms with van der Waals surface area (Å²) >= 11 is 0. The van der Waals surface area contributed by atoms with Crippen molar-refractivity contribution in [2.24, 2.45) is 23.7 Å². The van der Waals surface area contributed by atoms with Gasteiger partial charge in [-0.2, -0.15) is 0 Å². The predicted octanol–water partition coefficient (Wildman–Crippen LogP) is 34.9. The molecular weight excluding hydrogens is 1710 g/mol. The van der Waals surface area contributed by atoms with E-state index in [1.807, 2.05) is 13.8 Å². The molecule has 648 valence electrons. The number of thiophene rings is 4. The number of carbonyl (C=O) groups is 1. The minimum atomic E-state index is -0.313. The first-order valence-electron chi connectivity index (χ1n) is 46.0. The van der Waals surface area contributed by atoms with Crippen molar-refractivity contribution in [3.8, 4) is 36.8 Å². The standard InChI is InChI=1S/C33H35O3S.C30H21S.C21H19OS.C20H16OS.C18H13S/c1-20-12-26(37-29-10-6-4-8-27(29)28-9-5-7-11-30(28)37)13-21(2)32(20)35-19-31(34)36-33(3)24-15-22-14-23(17-24)18-25(33)16-22;1-4-10-25-19-28(16-13-22(25)7-1)31(29-17-14-23-8-2-5-11-26(23)20-29)30-18-15-24-9-3-6-12-27(24)21-30;1-14-12-16(13-15(2)21(14)22-3)23-19-10-6-4-8-17(19)18-9-5-7-11-20(18)23;1-13-11-15(12-14(2)20(13)21)22-18-9-5-3-7-16(18)17-8-4-6-10-19(17)22;1-2-8-14(9-3-1)19-17-12-6-4-10-15(17)16-11-5-7-13-18(16)19/h4-13,22-25H,14-19H2,1-3H3;1-21H;4-13H,1-3H3;3-12H,1-2H3;1-13H/q3*+1;;+1/p+1. The Hall–Kier alpha value is -13.2. The number of benzene rings is 18. The first-order chi connectivity index (χ1) is 64.6. The van der Waals surface area contributed by atoms with Crippen molar-refractivity contribution in [3.63, 3.8) is 0 Å². The summed E-state index contributed by atoms with van der Waals surface area (Å²) in [5, 5.41) is 28.7. The molecule has 26 rings (SSSR count). The Labute approximate surface area is 786 Å². The van der Waals surface area contributed by atoms with Crippen LogP contribution in [0.2, 0.25) is 0 Å². The van der Waals surface area contributed by atoms with Crippen LogP contribution < -0.4 is 9.47 Å². The number of fused-ring (bicyclic) bond motifs is 15. The fourth-order valence-corrected chi connectivity index (χ4v) is 33.8. The highest BCUT2D eigenvalue weighted by atomic mass is 32.2. The number of phenols is 1. The lowest BCUT2D eigenvalue weighted by atomic mass is 9.50. The highest BCUT2D eigenvalue weighted by molar-refractivity contribution is 7.97. The molecule has 132 heavy (non-hydrogen) atoms. The van der Waals surface area contributed by atoms with Gasteiger partial charge in [-0.3, -0.25) is 0 Å². The van der Waals surface area contributed by atoms with Gasteiger partial charge in [0.1, 0.15) is 22.8 Å². The van der Waals surface area contributed by atoms with E-state index in [0.29, 0.717) is 17.6 Å². The average Bonchev–Trinajstić information content (AvgIpc) is 1.63. The van der Waals surface area contributed by atoms with Gasteiger partial charge in [-0.15, -0.1) is 0 Å². The minimum absolute atomic E-state index is 0.0269. The number of aryl methyl sites for hydroxylation is 6. The Bertz CT molecular complexity index is 7670. The van der Waals surface area contributed by atoms with Crippen LogP contribution in [0, 0.1) is 65.2 Å². The van der Waals surface area contributed by atoms with E-state index in [4.69, 9.17) is 14.2 Å². The third kappa shape index (κ3) is 16.2. The lowest BCUT2D eigenvalue weighted by Gasteiger charge is -2.59. The SMILES string of the molecule is COc1c(C)cc(-[s+]2c3ccccc3c3ccccc32)cc1C.Cc1cc(-[s+]2c3ccccc3c3ccccc32)cc(C)c1O.Cc1cc(-[s+]2c3ccccc3c3ccccc32)cc(C)c1OCC(=O)OC1(C)C2CC3CC(C2)CC1C3.c1ccc(-[s+]2c3ccccc3c3ccccc32)cc1.c1ccc2cc([S+](c3ccc4ccccc4c3)c3ccc4ccccc4c3)ccc2c1. The number of ether oxygens (including phenoxy) is 3. The normalized spacial score (nSPS) is 16.1. The summed E-state index contributed by atoms with van der Waals surface area (Å²) in [6.45, 7) is 14.6. The van der Waals surface area contributed by atoms with E-state index in [0.717, 1.165) is 45.6 Å². The molecule has 4 aliphatic carbocycles. The molecule has 18 aromatic carbocycles. The Morgan fingerprint density at radius 1 is 0.303 bits per heavy atom. The smallest absolute Gasteiger partial charge is 0.344 e. The van der Waals surface area contributed by atoms with Gasteiger partial charge in [0.05, 0.1) is 18.0 Å². The van der Waals surface area contributed by atoms with E-state index >= 15 is 0 Å². The highest BCUT2D eigenvalue weighted by Crippen LogP contribution is 2.61. The second kappa shape index (κ2) is 36.5. The first-order valence-corrected chi connectivity index (χ1v) is 52.1. The van der Waals surface area contributed by atoms with E-state index < -0.39 is 0 Å². The fraction of sp³-hybridized carbons (Fsp3) is 0.156. The molecule has 0 radical (unpaired) electrons. The van der Waals surface area contributed by atoms with Crippen LogP contribution in [0.3, 0.4) is 0 Å². The molecule has 4 saturated carbocycles. The monoisotopic (exact) mass is 1810 g/mol. The topological polar surface area (TPSA) is 65.0 Å². The van der Waals surface area contributed by atoms with Gasteiger partial charge >= 0.3 is 5.97 Å². The Balaban J connectivity index is 0.000000102. The summed E-state index contributed by atoms with van der Waals surface area (Å²) in [4.78, 5) is 22.4. The number of rotatable bonds is 12. The molecule has 4 aromatic heterocycles. The lowest BCUT2D eigenvalue weighted by molar-refractivity contribution is -0.204. The maximum absolute atomic E-state index is 13.0. The Morgan fingerprint density at radius 3 is 0.864 bits per heavy atom. The van der Waals surface area contributed by atoms with Gasteiger partial charge in [-0.25, -0.2) is 4.79 Å². The van der Waals surface area contributed by atoms with Gasteiger partial charge in [0, 0.05) is 140 Å². The molecule has 0 aliphatic heterocycles. The Kier molecular flexibility index (Phi) is 23.7. The molecule has 0 spiro atoms. The number of phenolic OH excluding ortho intramolecular Hbond substituents is 1. The van der Waals surface area contributed by atoms with E-state index in [1.165, 1.54) is 191 Å². The van der Waals surface area contributed by atoms with Crippen molar-refractivity contribution >= 4 is 172 Å². The maximum Gasteiger partial charge on any atom is 0.344 e. The van der Waals surface area contributed by atoms with Crippen molar-refractivity contribution < 1.29 is 24.1 Å². The average molecular weight is 1810 g/mol. The van der Waals surface area contributed by atoms with Crippen LogP contribution in [0.15, 0.2) is 403 Å². The molecular formula is C122H105O5S5+5. The molecule has 1 N–H and O–H groups in total. The molecule has 4 bridgehead atoms. The van der Waals surface area contributed by atoms with E-state index in [9.17, 15) is 9.90 Å². The molecule has 0 amide bonds. The molecule has 0 atom stereocenters. The van der Waals surface area contributed by atoms with Crippen LogP contribution in [-0.2, 0) is 20.4 Å². The summed E-state index contributed by atoms with van der Waals surface area (Å²) < 4.78 is 29.2. The number of hydrogen-bond acceptors (Lipinski definition) is 5. The number of esters is 1. The molecule has 5 nitrogen and oxygen atoms in total. The van der Waals surface area contributed by atoms with Gasteiger partial charge in [0.25, 0.3) is 0 Å². The molecule has 4 fully saturated rings. The fourth-order valence-electron chi connectivity index (χ4n) is 21.6. The van der Waals surface area contributed by atoms with Crippen LogP contribution in [0.25, 0.3) is 133 Å². The quantitative estimate of drug-likeness (QED) is 0.0975. The molecule has 0 saturated heterocycles. The number of methoxy groups -OCH3 is 1. The highest BCUT2D eigenvalue weighted by Gasteiger charge is 2.57. The van der Waals surface area contributed by atoms with E-state index in [2.05, 4.69) is 423 Å². The predicted molar refractivity (Wildman–Crippen MR) is 569 cm³/mol. The largest absolute Gasteiger partial charge is 0.507 e. The van der Waals surface area contributed by atoms with Gasteiger partial charge in [0.2, 0.25) is 0 Å². The van der Waals surface area contributed by atoms with Crippen molar-refractivity contribution in [1.82, 2.24) is 0 Å². The van der Waals surface area contributed by atoms with Gasteiger partial charge < -0.3 is 19.3 Å². The van der Waals surface area contributed by atoms with E-state index in [-0.39, 0.29) is 71.0 Å². The molecule has 10 heteroatoms. The van der Waals surface area contributed by atoms with Crippen LogP contribution in [0.5, 0.6) is 17.2 Å². The minimum Gasteiger partial charge on any atom is -0.507 e. The third-order valence-electron chi connectivity index (χ3n) is 27.5. The number of aromatic hydroxyl groups is 1. The summed E-state index contributed by atoms with van der Waals surface area (Å²) in [5.41, 5.74) is 6.13. The summed E-state index contributed by atoms with van der Waals surface area (Å²) in [6, 6.07) is 141. The number of carbonyl (C=O) groups excluding carboxylic acids is 1. The van der Waals surface area contributed by atoms with E-state index in [1.54, 1.807) is 7.11 Å². The van der Waals surface area contributed by atoms with Crippen LogP contribution in [0.1, 0.15) is 72.4 Å². The number of hydrogen-bond donors (Lipinski definition) is 1.